The number of thiazole rings is 1. The van der Waals surface area contributed by atoms with Gasteiger partial charge >= 0.3 is 5.97 Å². The highest BCUT2D eigenvalue weighted by Gasteiger charge is 2.17. The molecule has 10 heteroatoms. The molecular weight excluding hydrogens is 466 g/mol. The number of ether oxygens (including phenoxy) is 1. The van der Waals surface area contributed by atoms with Gasteiger partial charge in [0.15, 0.2) is 5.13 Å². The van der Waals surface area contributed by atoms with E-state index in [0.29, 0.717) is 39.0 Å². The summed E-state index contributed by atoms with van der Waals surface area (Å²) >= 11 is 1.26. The van der Waals surface area contributed by atoms with Crippen LogP contribution in [0.15, 0.2) is 66.2 Å². The number of nitrogens with zero attached hydrogens (tertiary/aromatic N) is 3. The van der Waals surface area contributed by atoms with E-state index in [0.717, 1.165) is 0 Å². The van der Waals surface area contributed by atoms with Gasteiger partial charge in [0, 0.05) is 16.6 Å². The molecule has 35 heavy (non-hydrogen) atoms. The summed E-state index contributed by atoms with van der Waals surface area (Å²) in [4.78, 5) is 41.3. The van der Waals surface area contributed by atoms with E-state index in [2.05, 4.69) is 20.7 Å². The highest BCUT2D eigenvalue weighted by molar-refractivity contribution is 7.14. The second-order valence-electron chi connectivity index (χ2n) is 7.52. The van der Waals surface area contributed by atoms with Crippen LogP contribution in [0.2, 0.25) is 0 Å². The van der Waals surface area contributed by atoms with E-state index in [1.54, 1.807) is 66.4 Å². The second-order valence-corrected chi connectivity index (χ2v) is 8.37. The van der Waals surface area contributed by atoms with Gasteiger partial charge in [-0.05, 0) is 44.2 Å². The molecule has 0 spiro atoms. The first-order valence-corrected chi connectivity index (χ1v) is 11.8. The summed E-state index contributed by atoms with van der Waals surface area (Å²) in [6, 6.07) is 16.0. The zero-order chi connectivity index (χ0) is 24.8. The first kappa shape index (κ1) is 23.8. The number of benzene rings is 2. The molecule has 178 valence electrons. The van der Waals surface area contributed by atoms with Gasteiger partial charge in [-0.3, -0.25) is 14.9 Å². The smallest absolute Gasteiger partial charge is 0.341 e. The van der Waals surface area contributed by atoms with Gasteiger partial charge in [0.05, 0.1) is 36.3 Å². The topological polar surface area (TPSA) is 115 Å². The molecule has 2 N–H and O–H groups in total. The average molecular weight is 490 g/mol. The minimum Gasteiger partial charge on any atom is -0.462 e. The predicted molar refractivity (Wildman–Crippen MR) is 133 cm³/mol. The predicted octanol–water partition coefficient (Wildman–Crippen LogP) is 4.25. The quantitative estimate of drug-likeness (QED) is 0.358. The van der Waals surface area contributed by atoms with Crippen LogP contribution in [0.1, 0.15) is 39.0 Å². The molecule has 4 aromatic rings. The summed E-state index contributed by atoms with van der Waals surface area (Å²) < 4.78 is 6.67. The van der Waals surface area contributed by atoms with Crippen molar-refractivity contribution in [3.05, 3.63) is 88.7 Å². The molecular formula is C25H23N5O4S. The van der Waals surface area contributed by atoms with Gasteiger partial charge in [-0.15, -0.1) is 11.3 Å². The highest BCUT2D eigenvalue weighted by atomic mass is 32.1. The van der Waals surface area contributed by atoms with Crippen molar-refractivity contribution in [1.29, 1.82) is 0 Å². The summed E-state index contributed by atoms with van der Waals surface area (Å²) in [5.74, 6) is -0.936. The number of rotatable bonds is 8. The van der Waals surface area contributed by atoms with Crippen molar-refractivity contribution in [3.63, 3.8) is 0 Å². The van der Waals surface area contributed by atoms with Crippen molar-refractivity contribution >= 4 is 39.9 Å². The Morgan fingerprint density at radius 3 is 2.63 bits per heavy atom. The minimum absolute atomic E-state index is 0.0513. The second kappa shape index (κ2) is 10.7. The number of nitrogens with one attached hydrogen (secondary N) is 2. The van der Waals surface area contributed by atoms with Crippen LogP contribution >= 0.6 is 11.3 Å². The molecule has 0 saturated heterocycles. The van der Waals surface area contributed by atoms with Crippen molar-refractivity contribution in [3.8, 4) is 5.69 Å². The molecule has 0 unspecified atom stereocenters. The molecule has 0 radical (unpaired) electrons. The van der Waals surface area contributed by atoms with Crippen molar-refractivity contribution in [2.75, 3.05) is 17.2 Å². The molecule has 0 saturated carbocycles. The maximum absolute atomic E-state index is 12.6. The first-order chi connectivity index (χ1) is 16.9. The van der Waals surface area contributed by atoms with E-state index >= 15 is 0 Å². The maximum atomic E-state index is 12.6. The zero-order valence-electron chi connectivity index (χ0n) is 19.1. The summed E-state index contributed by atoms with van der Waals surface area (Å²) in [6.45, 7) is 3.81. The Bertz CT molecular complexity index is 1360. The van der Waals surface area contributed by atoms with Gasteiger partial charge < -0.3 is 10.1 Å². The molecule has 0 fully saturated rings. The van der Waals surface area contributed by atoms with E-state index in [1.165, 1.54) is 17.5 Å². The molecule has 2 aromatic heterocycles. The van der Waals surface area contributed by atoms with E-state index in [1.807, 2.05) is 12.1 Å². The number of esters is 1. The molecule has 0 bridgehead atoms. The number of amides is 2. The van der Waals surface area contributed by atoms with E-state index in [9.17, 15) is 14.4 Å². The lowest BCUT2D eigenvalue weighted by Crippen LogP contribution is -2.15. The molecule has 0 aliphatic rings. The summed E-state index contributed by atoms with van der Waals surface area (Å²) in [5.41, 5.74) is 3.38. The number of carbonyl (C=O) groups excluding carboxylic acids is 3. The summed E-state index contributed by atoms with van der Waals surface area (Å²) in [6.07, 6.45) is 1.52. The number of hydrogen-bond acceptors (Lipinski definition) is 7. The summed E-state index contributed by atoms with van der Waals surface area (Å²) in [5, 5.41) is 12.0. The van der Waals surface area contributed by atoms with Crippen molar-refractivity contribution in [2.24, 2.45) is 0 Å². The van der Waals surface area contributed by atoms with Crippen LogP contribution in [-0.4, -0.2) is 39.2 Å². The fourth-order valence-electron chi connectivity index (χ4n) is 3.37. The van der Waals surface area contributed by atoms with E-state index < -0.39 is 5.97 Å². The molecule has 4 rings (SSSR count). The van der Waals surface area contributed by atoms with Gasteiger partial charge in [0.2, 0.25) is 5.91 Å². The SMILES string of the molecule is CCOC(=O)c1cnn(-c2cccc(NC(=O)Cc3csc(NC(=O)c4ccccc4)n3)c2)c1C. The number of anilines is 2. The third kappa shape index (κ3) is 5.79. The lowest BCUT2D eigenvalue weighted by molar-refractivity contribution is -0.115. The number of hydrogen-bond donors (Lipinski definition) is 2. The number of aromatic nitrogens is 3. The Hall–Kier alpha value is -4.31. The van der Waals surface area contributed by atoms with Gasteiger partial charge in [-0.1, -0.05) is 24.3 Å². The van der Waals surface area contributed by atoms with Crippen LogP contribution < -0.4 is 10.6 Å². The largest absolute Gasteiger partial charge is 0.462 e. The molecule has 2 amide bonds. The fraction of sp³-hybridized carbons (Fsp3) is 0.160. The summed E-state index contributed by atoms with van der Waals surface area (Å²) in [7, 11) is 0. The third-order valence-corrected chi connectivity index (χ3v) is 5.84. The van der Waals surface area contributed by atoms with Crippen molar-refractivity contribution in [1.82, 2.24) is 14.8 Å². The zero-order valence-corrected chi connectivity index (χ0v) is 20.0. The van der Waals surface area contributed by atoms with Gasteiger partial charge in [-0.2, -0.15) is 5.10 Å². The van der Waals surface area contributed by atoms with Crippen LogP contribution in [0.4, 0.5) is 10.8 Å². The molecule has 0 aliphatic heterocycles. The first-order valence-electron chi connectivity index (χ1n) is 10.9. The van der Waals surface area contributed by atoms with Crippen LogP contribution in [-0.2, 0) is 16.0 Å². The standard InChI is InChI=1S/C25H23N5O4S/c1-3-34-24(33)21-14-26-30(16(21)2)20-11-7-10-18(12-20)27-22(31)13-19-15-35-25(28-19)29-23(32)17-8-5-4-6-9-17/h4-12,14-15H,3,13H2,1-2H3,(H,27,31)(H,28,29,32). The Balaban J connectivity index is 1.39. The van der Waals surface area contributed by atoms with Crippen LogP contribution in [0.5, 0.6) is 0 Å². The average Bonchev–Trinajstić information content (AvgIpc) is 3.45. The van der Waals surface area contributed by atoms with Crippen molar-refractivity contribution in [2.45, 2.75) is 20.3 Å². The van der Waals surface area contributed by atoms with Gasteiger partial charge in [0.25, 0.3) is 5.91 Å². The minimum atomic E-state index is -0.428. The van der Waals surface area contributed by atoms with E-state index in [4.69, 9.17) is 4.74 Å². The maximum Gasteiger partial charge on any atom is 0.341 e. The Labute approximate surface area is 205 Å². The highest BCUT2D eigenvalue weighted by Crippen LogP contribution is 2.20. The third-order valence-electron chi connectivity index (χ3n) is 5.03. The molecule has 0 atom stereocenters. The Morgan fingerprint density at radius 1 is 1.06 bits per heavy atom. The van der Waals surface area contributed by atoms with Crippen LogP contribution in [0.25, 0.3) is 5.69 Å². The van der Waals surface area contributed by atoms with Gasteiger partial charge in [0.1, 0.15) is 5.56 Å². The molecule has 0 aliphatic carbocycles. The molecule has 2 aromatic carbocycles. The molecule has 9 nitrogen and oxygen atoms in total. The monoisotopic (exact) mass is 489 g/mol. The molecule has 2 heterocycles. The Kier molecular flexibility index (Phi) is 7.32. The van der Waals surface area contributed by atoms with Gasteiger partial charge in [-0.25, -0.2) is 14.5 Å². The fourth-order valence-corrected chi connectivity index (χ4v) is 4.07. The Morgan fingerprint density at radius 2 is 1.86 bits per heavy atom. The lowest BCUT2D eigenvalue weighted by atomic mass is 10.2. The van der Waals surface area contributed by atoms with E-state index in [-0.39, 0.29) is 24.8 Å². The normalized spacial score (nSPS) is 10.6. The number of carbonyl (C=O) groups is 3. The van der Waals surface area contributed by atoms with Crippen LogP contribution in [0, 0.1) is 6.92 Å². The van der Waals surface area contributed by atoms with Crippen molar-refractivity contribution < 1.29 is 19.1 Å². The van der Waals surface area contributed by atoms with Crippen LogP contribution in [0.3, 0.4) is 0 Å². The lowest BCUT2D eigenvalue weighted by Gasteiger charge is -2.09.